The number of hydrogen-bond donors (Lipinski definition) is 2. The van der Waals surface area contributed by atoms with Crippen molar-refractivity contribution >= 4 is 28.6 Å². The van der Waals surface area contributed by atoms with Crippen molar-refractivity contribution in [3.63, 3.8) is 0 Å². The maximum absolute atomic E-state index is 13.9. The van der Waals surface area contributed by atoms with Crippen LogP contribution in [0.15, 0.2) is 94.7 Å². The number of fused-ring (bicyclic) bond motifs is 1. The number of rotatable bonds is 6. The van der Waals surface area contributed by atoms with Gasteiger partial charge in [0.2, 0.25) is 5.95 Å². The molecule has 0 fully saturated rings. The Hall–Kier alpha value is -3.84. The largest absolute Gasteiger partial charge is 0.343 e. The number of carbonyl (C=O) groups excluding carboxylic acids is 1. The van der Waals surface area contributed by atoms with Gasteiger partial charge < -0.3 is 9.88 Å². The normalized spacial score (nSPS) is 11.3. The molecule has 2 heterocycles. The number of aromatic amines is 1. The van der Waals surface area contributed by atoms with Gasteiger partial charge in [-0.3, -0.25) is 9.89 Å². The van der Waals surface area contributed by atoms with Crippen LogP contribution in [-0.4, -0.2) is 20.7 Å². The van der Waals surface area contributed by atoms with Crippen molar-refractivity contribution in [2.24, 2.45) is 7.05 Å². The molecule has 0 saturated carbocycles. The van der Waals surface area contributed by atoms with Gasteiger partial charge in [-0.1, -0.05) is 72.4 Å². The second-order valence-electron chi connectivity index (χ2n) is 8.08. The summed E-state index contributed by atoms with van der Waals surface area (Å²) in [5.74, 6) is -0.610. The lowest BCUT2D eigenvalue weighted by Gasteiger charge is -2.20. The summed E-state index contributed by atoms with van der Waals surface area (Å²) in [6, 6.07) is 26.9. The van der Waals surface area contributed by atoms with E-state index >= 15 is 0 Å². The van der Waals surface area contributed by atoms with E-state index in [0.717, 1.165) is 26.6 Å². The van der Waals surface area contributed by atoms with E-state index in [2.05, 4.69) is 15.5 Å². The average molecular weight is 471 g/mol. The van der Waals surface area contributed by atoms with Gasteiger partial charge >= 0.3 is 0 Å². The van der Waals surface area contributed by atoms with E-state index in [1.807, 2.05) is 91.3 Å². The summed E-state index contributed by atoms with van der Waals surface area (Å²) in [5, 5.41) is 9.96. The van der Waals surface area contributed by atoms with E-state index in [4.69, 9.17) is 0 Å². The van der Waals surface area contributed by atoms with Crippen LogP contribution >= 0.6 is 11.8 Å². The quantitative estimate of drug-likeness (QED) is 0.319. The SMILES string of the molecule is Cc1c(Sc2ccc3n[nH]c(F)c3c2)cc(C(=O)NC(c2ccccc2)c2ccccc2)n1C. The van der Waals surface area contributed by atoms with Gasteiger partial charge in [-0.25, -0.2) is 0 Å². The Kier molecular flexibility index (Phi) is 5.94. The second-order valence-corrected chi connectivity index (χ2v) is 9.20. The standard InChI is InChI=1S/C27H23FN4OS/c1-17-24(34-20-13-14-22-21(15-20)26(28)31-30-22)16-23(32(17)2)27(33)29-25(18-9-5-3-6-10-18)19-11-7-4-8-12-19/h3-16,25H,1-2H3,(H,29,33)(H,30,31). The molecule has 0 bridgehead atoms. The zero-order valence-corrected chi connectivity index (χ0v) is 19.6. The molecule has 2 aromatic heterocycles. The van der Waals surface area contributed by atoms with E-state index in [1.165, 1.54) is 11.8 Å². The van der Waals surface area contributed by atoms with Crippen molar-refractivity contribution in [1.29, 1.82) is 0 Å². The van der Waals surface area contributed by atoms with Crippen LogP contribution in [0.25, 0.3) is 10.9 Å². The van der Waals surface area contributed by atoms with E-state index in [0.29, 0.717) is 16.6 Å². The molecule has 3 aromatic carbocycles. The first kappa shape index (κ1) is 22.0. The molecular weight excluding hydrogens is 447 g/mol. The highest BCUT2D eigenvalue weighted by molar-refractivity contribution is 7.99. The minimum absolute atomic E-state index is 0.161. The smallest absolute Gasteiger partial charge is 0.268 e. The van der Waals surface area contributed by atoms with Crippen LogP contribution in [0.2, 0.25) is 0 Å². The molecule has 7 heteroatoms. The van der Waals surface area contributed by atoms with Gasteiger partial charge in [0.1, 0.15) is 5.69 Å². The first-order valence-corrected chi connectivity index (χ1v) is 11.7. The van der Waals surface area contributed by atoms with Crippen LogP contribution in [0.4, 0.5) is 4.39 Å². The summed E-state index contributed by atoms with van der Waals surface area (Å²) in [5.41, 5.74) is 4.13. The lowest BCUT2D eigenvalue weighted by Crippen LogP contribution is -2.30. The number of aromatic nitrogens is 3. The first-order chi connectivity index (χ1) is 16.5. The van der Waals surface area contributed by atoms with Gasteiger partial charge in [-0.05, 0) is 42.3 Å². The Morgan fingerprint density at radius 1 is 1.00 bits per heavy atom. The van der Waals surface area contributed by atoms with Crippen LogP contribution in [0, 0.1) is 12.9 Å². The maximum atomic E-state index is 13.9. The molecule has 5 rings (SSSR count). The van der Waals surface area contributed by atoms with Crippen molar-refractivity contribution in [1.82, 2.24) is 20.1 Å². The molecule has 2 N–H and O–H groups in total. The zero-order chi connectivity index (χ0) is 23.7. The summed E-state index contributed by atoms with van der Waals surface area (Å²) in [7, 11) is 1.88. The summed E-state index contributed by atoms with van der Waals surface area (Å²) in [4.78, 5) is 15.2. The minimum atomic E-state index is -0.449. The molecule has 0 aliphatic carbocycles. The van der Waals surface area contributed by atoms with Crippen LogP contribution in [0.3, 0.4) is 0 Å². The number of nitrogens with zero attached hydrogens (tertiary/aromatic N) is 2. The van der Waals surface area contributed by atoms with Crippen molar-refractivity contribution in [3.05, 3.63) is 113 Å². The second kappa shape index (κ2) is 9.19. The fourth-order valence-corrected chi connectivity index (χ4v) is 5.02. The van der Waals surface area contributed by atoms with E-state index < -0.39 is 5.95 Å². The summed E-state index contributed by atoms with van der Waals surface area (Å²) >= 11 is 1.50. The lowest BCUT2D eigenvalue weighted by molar-refractivity contribution is 0.0934. The number of H-pyrrole nitrogens is 1. The third kappa shape index (κ3) is 4.22. The molecule has 170 valence electrons. The van der Waals surface area contributed by atoms with E-state index in [1.54, 1.807) is 12.1 Å². The molecule has 0 aliphatic rings. The van der Waals surface area contributed by atoms with Gasteiger partial charge in [0.15, 0.2) is 0 Å². The molecule has 5 aromatic rings. The van der Waals surface area contributed by atoms with Crippen molar-refractivity contribution in [3.8, 4) is 0 Å². The van der Waals surface area contributed by atoms with Gasteiger partial charge in [0.25, 0.3) is 5.91 Å². The Morgan fingerprint density at radius 2 is 1.65 bits per heavy atom. The molecule has 0 atom stereocenters. The summed E-state index contributed by atoms with van der Waals surface area (Å²) in [6.07, 6.45) is 0. The van der Waals surface area contributed by atoms with Crippen molar-refractivity contribution in [2.75, 3.05) is 0 Å². The topological polar surface area (TPSA) is 62.7 Å². The third-order valence-corrected chi connectivity index (χ3v) is 7.09. The third-order valence-electron chi connectivity index (χ3n) is 5.97. The van der Waals surface area contributed by atoms with Gasteiger partial charge in [-0.2, -0.15) is 9.49 Å². The highest BCUT2D eigenvalue weighted by Gasteiger charge is 2.22. The Balaban J connectivity index is 1.43. The molecule has 0 unspecified atom stereocenters. The number of halogens is 1. The fraction of sp³-hybridized carbons (Fsp3) is 0.111. The summed E-state index contributed by atoms with van der Waals surface area (Å²) < 4.78 is 15.8. The number of carbonyl (C=O) groups is 1. The lowest BCUT2D eigenvalue weighted by atomic mass is 9.98. The van der Waals surface area contributed by atoms with Crippen LogP contribution in [0.5, 0.6) is 0 Å². The zero-order valence-electron chi connectivity index (χ0n) is 18.7. The van der Waals surface area contributed by atoms with Gasteiger partial charge in [-0.15, -0.1) is 0 Å². The highest BCUT2D eigenvalue weighted by Crippen LogP contribution is 2.34. The molecule has 34 heavy (non-hydrogen) atoms. The van der Waals surface area contributed by atoms with Gasteiger partial charge in [0, 0.05) is 22.5 Å². The minimum Gasteiger partial charge on any atom is -0.343 e. The molecule has 0 spiro atoms. The number of nitrogens with one attached hydrogen (secondary N) is 2. The van der Waals surface area contributed by atoms with Crippen LogP contribution in [0.1, 0.15) is 33.4 Å². The fourth-order valence-electron chi connectivity index (χ4n) is 4.00. The number of benzene rings is 3. The number of hydrogen-bond acceptors (Lipinski definition) is 3. The molecule has 0 radical (unpaired) electrons. The molecule has 1 amide bonds. The maximum Gasteiger partial charge on any atom is 0.268 e. The van der Waals surface area contributed by atoms with Crippen LogP contribution < -0.4 is 5.32 Å². The summed E-state index contributed by atoms with van der Waals surface area (Å²) in [6.45, 7) is 1.97. The highest BCUT2D eigenvalue weighted by atomic mass is 32.2. The first-order valence-electron chi connectivity index (χ1n) is 10.9. The predicted octanol–water partition coefficient (Wildman–Crippen LogP) is 6.02. The molecule has 0 aliphatic heterocycles. The van der Waals surface area contributed by atoms with Crippen molar-refractivity contribution in [2.45, 2.75) is 22.8 Å². The number of amides is 1. The van der Waals surface area contributed by atoms with E-state index in [9.17, 15) is 9.18 Å². The van der Waals surface area contributed by atoms with Gasteiger partial charge in [0.05, 0.1) is 16.9 Å². The average Bonchev–Trinajstić information content (AvgIpc) is 3.38. The Labute approximate surface area is 201 Å². The monoisotopic (exact) mass is 470 g/mol. The molecule has 5 nitrogen and oxygen atoms in total. The molecule has 0 saturated heterocycles. The molecular formula is C27H23FN4OS. The van der Waals surface area contributed by atoms with E-state index in [-0.39, 0.29) is 11.9 Å². The Morgan fingerprint density at radius 3 is 2.29 bits per heavy atom. The Bertz CT molecular complexity index is 1420. The van der Waals surface area contributed by atoms with Crippen LogP contribution in [-0.2, 0) is 7.05 Å². The van der Waals surface area contributed by atoms with Crippen molar-refractivity contribution < 1.29 is 9.18 Å². The predicted molar refractivity (Wildman–Crippen MR) is 133 cm³/mol.